The average molecular weight is 313 g/mol. The Morgan fingerprint density at radius 1 is 1.35 bits per heavy atom. The number of halogens is 1. The topological polar surface area (TPSA) is 75.3 Å². The number of pyridine rings is 1. The molecule has 1 aliphatic carbocycles. The van der Waals surface area contributed by atoms with Gasteiger partial charge in [-0.05, 0) is 30.4 Å². The van der Waals surface area contributed by atoms with E-state index in [1.807, 2.05) is 16.7 Å². The van der Waals surface area contributed by atoms with E-state index in [2.05, 4.69) is 27.2 Å². The lowest BCUT2D eigenvalue weighted by Crippen LogP contribution is -2.14. The Morgan fingerprint density at radius 3 is 2.91 bits per heavy atom. The zero-order valence-corrected chi connectivity index (χ0v) is 12.6. The van der Waals surface area contributed by atoms with Crippen LogP contribution in [-0.4, -0.2) is 24.5 Å². The van der Waals surface area contributed by atoms with E-state index in [1.165, 1.54) is 11.3 Å². The largest absolute Gasteiger partial charge is 0.369 e. The van der Waals surface area contributed by atoms with Gasteiger partial charge in [-0.25, -0.2) is 19.3 Å². The van der Waals surface area contributed by atoms with Crippen LogP contribution in [0.2, 0.25) is 0 Å². The van der Waals surface area contributed by atoms with Crippen LogP contribution in [0.4, 0.5) is 10.3 Å². The summed E-state index contributed by atoms with van der Waals surface area (Å²) in [5.41, 5.74) is 3.85. The van der Waals surface area contributed by atoms with Crippen LogP contribution < -0.4 is 5.32 Å². The Labute approximate surface area is 132 Å². The first-order valence-electron chi connectivity index (χ1n) is 7.54. The molecule has 0 bridgehead atoms. The van der Waals surface area contributed by atoms with Crippen molar-refractivity contribution in [3.63, 3.8) is 0 Å². The summed E-state index contributed by atoms with van der Waals surface area (Å²) in [6.45, 7) is 2.18. The highest BCUT2D eigenvalue weighted by molar-refractivity contribution is 5.55. The number of nitrogens with zero attached hydrogens (tertiary/aromatic N) is 4. The summed E-state index contributed by atoms with van der Waals surface area (Å²) in [5.74, 6) is 0.0917. The minimum atomic E-state index is -1.02. The molecule has 3 heterocycles. The van der Waals surface area contributed by atoms with Gasteiger partial charge in [0.15, 0.2) is 12.0 Å². The number of anilines is 1. The summed E-state index contributed by atoms with van der Waals surface area (Å²) < 4.78 is 14.9. The van der Waals surface area contributed by atoms with Gasteiger partial charge in [0.05, 0.1) is 12.4 Å². The second-order valence-corrected chi connectivity index (χ2v) is 5.83. The van der Waals surface area contributed by atoms with Gasteiger partial charge in [-0.15, -0.1) is 0 Å². The SMILES string of the molecule is C[C@H]1CCc2c1cc(C(O)Nc1ncc(F)cn1)c1nccn21. The molecule has 0 aliphatic heterocycles. The molecule has 1 aliphatic rings. The van der Waals surface area contributed by atoms with Crippen molar-refractivity contribution in [1.82, 2.24) is 19.4 Å². The predicted octanol–water partition coefficient (Wildman–Crippen LogP) is 2.42. The van der Waals surface area contributed by atoms with Crippen molar-refractivity contribution in [2.45, 2.75) is 31.9 Å². The lowest BCUT2D eigenvalue weighted by Gasteiger charge is -2.17. The van der Waals surface area contributed by atoms with Crippen molar-refractivity contribution in [2.75, 3.05) is 5.32 Å². The molecule has 3 aromatic heterocycles. The summed E-state index contributed by atoms with van der Waals surface area (Å²) in [5, 5.41) is 13.3. The maximum Gasteiger partial charge on any atom is 0.225 e. The number of aromatic nitrogens is 4. The molecule has 0 saturated heterocycles. The molecule has 118 valence electrons. The van der Waals surface area contributed by atoms with Gasteiger partial charge < -0.3 is 14.8 Å². The Kier molecular flexibility index (Phi) is 3.23. The third-order valence-electron chi connectivity index (χ3n) is 4.36. The van der Waals surface area contributed by atoms with Crippen LogP contribution >= 0.6 is 0 Å². The summed E-state index contributed by atoms with van der Waals surface area (Å²) in [6, 6.07) is 2.00. The summed E-state index contributed by atoms with van der Waals surface area (Å²) in [7, 11) is 0. The Balaban J connectivity index is 1.74. The molecule has 23 heavy (non-hydrogen) atoms. The number of aliphatic hydroxyl groups is 1. The molecule has 2 N–H and O–H groups in total. The van der Waals surface area contributed by atoms with Gasteiger partial charge >= 0.3 is 0 Å². The number of aryl methyl sites for hydroxylation is 1. The van der Waals surface area contributed by atoms with Gasteiger partial charge in [-0.3, -0.25) is 0 Å². The number of imidazole rings is 1. The van der Waals surface area contributed by atoms with E-state index < -0.39 is 12.0 Å². The second kappa shape index (κ2) is 5.27. The highest BCUT2D eigenvalue weighted by Crippen LogP contribution is 2.35. The fourth-order valence-electron chi connectivity index (χ4n) is 3.18. The first-order valence-corrected chi connectivity index (χ1v) is 7.54. The van der Waals surface area contributed by atoms with Gasteiger partial charge in [0, 0.05) is 23.7 Å². The maximum absolute atomic E-state index is 12.9. The number of fused-ring (bicyclic) bond motifs is 3. The Bertz CT molecular complexity index is 861. The van der Waals surface area contributed by atoms with Crippen molar-refractivity contribution >= 4 is 11.6 Å². The number of nitrogens with one attached hydrogen (secondary N) is 1. The molecule has 3 aromatic rings. The zero-order chi connectivity index (χ0) is 16.0. The summed E-state index contributed by atoms with van der Waals surface area (Å²) >= 11 is 0. The van der Waals surface area contributed by atoms with Crippen LogP contribution in [0.15, 0.2) is 30.9 Å². The molecule has 2 atom stereocenters. The lowest BCUT2D eigenvalue weighted by molar-refractivity contribution is 0.208. The fraction of sp³-hybridized carbons (Fsp3) is 0.312. The first kappa shape index (κ1) is 14.1. The predicted molar refractivity (Wildman–Crippen MR) is 82.5 cm³/mol. The van der Waals surface area contributed by atoms with Crippen molar-refractivity contribution in [3.05, 3.63) is 53.5 Å². The van der Waals surface area contributed by atoms with Gasteiger partial charge in [-0.1, -0.05) is 6.92 Å². The molecule has 4 rings (SSSR count). The summed E-state index contributed by atoms with van der Waals surface area (Å²) in [6.07, 6.45) is 6.82. The number of aliphatic hydroxyl groups excluding tert-OH is 1. The van der Waals surface area contributed by atoms with Crippen LogP contribution in [0.1, 0.15) is 42.3 Å². The van der Waals surface area contributed by atoms with Crippen molar-refractivity contribution in [2.24, 2.45) is 0 Å². The third-order valence-corrected chi connectivity index (χ3v) is 4.36. The van der Waals surface area contributed by atoms with Gasteiger partial charge in [0.25, 0.3) is 0 Å². The second-order valence-electron chi connectivity index (χ2n) is 5.83. The molecular weight excluding hydrogens is 297 g/mol. The molecule has 7 heteroatoms. The lowest BCUT2D eigenvalue weighted by atomic mass is 10.0. The average Bonchev–Trinajstić information content (AvgIpc) is 3.15. The highest BCUT2D eigenvalue weighted by Gasteiger charge is 2.25. The van der Waals surface area contributed by atoms with Crippen molar-refractivity contribution < 1.29 is 9.50 Å². The highest BCUT2D eigenvalue weighted by atomic mass is 19.1. The zero-order valence-electron chi connectivity index (χ0n) is 12.6. The molecule has 1 unspecified atom stereocenters. The van der Waals surface area contributed by atoms with E-state index in [0.717, 1.165) is 25.2 Å². The fourth-order valence-corrected chi connectivity index (χ4v) is 3.18. The minimum absolute atomic E-state index is 0.164. The minimum Gasteiger partial charge on any atom is -0.369 e. The smallest absolute Gasteiger partial charge is 0.225 e. The molecule has 0 fully saturated rings. The van der Waals surface area contributed by atoms with Crippen LogP contribution in [0.5, 0.6) is 0 Å². The van der Waals surface area contributed by atoms with Crippen LogP contribution in [0.25, 0.3) is 5.65 Å². The van der Waals surface area contributed by atoms with E-state index in [9.17, 15) is 9.50 Å². The van der Waals surface area contributed by atoms with Crippen LogP contribution in [0.3, 0.4) is 0 Å². The van der Waals surface area contributed by atoms with Crippen molar-refractivity contribution in [1.29, 1.82) is 0 Å². The number of rotatable bonds is 3. The van der Waals surface area contributed by atoms with Gasteiger partial charge in [0.1, 0.15) is 5.65 Å². The first-order chi connectivity index (χ1) is 11.1. The molecule has 0 amide bonds. The van der Waals surface area contributed by atoms with E-state index >= 15 is 0 Å². The number of hydrogen-bond acceptors (Lipinski definition) is 5. The molecule has 0 saturated carbocycles. The standard InChI is InChI=1S/C16H16FN5O/c1-9-2-3-13-11(9)6-12(14-18-4-5-22(13)14)15(23)21-16-19-7-10(17)8-20-16/h4-9,15,23H,2-3H2,1H3,(H,19,20,21)/t9-,15?/m0/s1. The molecule has 6 nitrogen and oxygen atoms in total. The van der Waals surface area contributed by atoms with Crippen LogP contribution in [-0.2, 0) is 6.42 Å². The van der Waals surface area contributed by atoms with Crippen molar-refractivity contribution in [3.8, 4) is 0 Å². The summed E-state index contributed by atoms with van der Waals surface area (Å²) in [4.78, 5) is 12.0. The quantitative estimate of drug-likeness (QED) is 0.726. The number of hydrogen-bond donors (Lipinski definition) is 2. The van der Waals surface area contributed by atoms with E-state index in [1.54, 1.807) is 6.20 Å². The third kappa shape index (κ3) is 2.33. The van der Waals surface area contributed by atoms with Gasteiger partial charge in [0.2, 0.25) is 5.95 Å². The van der Waals surface area contributed by atoms with Gasteiger partial charge in [-0.2, -0.15) is 0 Å². The normalized spacial score (nSPS) is 18.1. The monoisotopic (exact) mass is 313 g/mol. The van der Waals surface area contributed by atoms with E-state index in [0.29, 0.717) is 17.1 Å². The molecule has 0 spiro atoms. The Hall–Kier alpha value is -2.54. The maximum atomic E-state index is 12.9. The Morgan fingerprint density at radius 2 is 2.13 bits per heavy atom. The van der Waals surface area contributed by atoms with E-state index in [-0.39, 0.29) is 5.95 Å². The molecule has 0 radical (unpaired) electrons. The molecule has 0 aromatic carbocycles. The van der Waals surface area contributed by atoms with Crippen LogP contribution in [0, 0.1) is 5.82 Å². The molecular formula is C16H16FN5O. The van der Waals surface area contributed by atoms with E-state index in [4.69, 9.17) is 0 Å².